The molecule has 5 rings (SSSR count). The maximum atomic E-state index is 13.4. The van der Waals surface area contributed by atoms with Crippen molar-refractivity contribution in [3.63, 3.8) is 0 Å². The molecule has 0 spiro atoms. The molecule has 190 valence electrons. The van der Waals surface area contributed by atoms with Gasteiger partial charge in [0, 0.05) is 54.1 Å². The van der Waals surface area contributed by atoms with Crippen LogP contribution in [-0.4, -0.2) is 61.3 Å². The number of piperazine rings is 1. The zero-order chi connectivity index (χ0) is 25.2. The van der Waals surface area contributed by atoms with Crippen molar-refractivity contribution < 1.29 is 14.3 Å². The number of anilines is 1. The fourth-order valence-electron chi connectivity index (χ4n) is 5.42. The highest BCUT2D eigenvalue weighted by Gasteiger charge is 2.41. The summed E-state index contributed by atoms with van der Waals surface area (Å²) in [6.07, 6.45) is 4.44. The van der Waals surface area contributed by atoms with E-state index in [4.69, 9.17) is 16.3 Å². The molecular formula is C28H32ClN3O3S. The van der Waals surface area contributed by atoms with Gasteiger partial charge in [0.1, 0.15) is 5.75 Å². The maximum absolute atomic E-state index is 13.4. The molecule has 2 heterocycles. The Hall–Kier alpha value is -2.64. The number of benzene rings is 2. The molecule has 0 bridgehead atoms. The Kier molecular flexibility index (Phi) is 7.49. The number of hydrogen-bond donors (Lipinski definition) is 1. The summed E-state index contributed by atoms with van der Waals surface area (Å²) < 4.78 is 5.22. The summed E-state index contributed by atoms with van der Waals surface area (Å²) in [6, 6.07) is 13.7. The van der Waals surface area contributed by atoms with E-state index in [1.54, 1.807) is 18.9 Å². The van der Waals surface area contributed by atoms with Crippen LogP contribution in [0.1, 0.15) is 30.4 Å². The van der Waals surface area contributed by atoms with Crippen LogP contribution < -0.4 is 15.0 Å². The van der Waals surface area contributed by atoms with E-state index in [2.05, 4.69) is 17.1 Å². The first-order valence-electron chi connectivity index (χ1n) is 12.5. The highest BCUT2D eigenvalue weighted by Crippen LogP contribution is 2.40. The van der Waals surface area contributed by atoms with E-state index in [1.807, 2.05) is 53.4 Å². The van der Waals surface area contributed by atoms with Gasteiger partial charge >= 0.3 is 0 Å². The van der Waals surface area contributed by atoms with Crippen molar-refractivity contribution in [3.8, 4) is 5.75 Å². The van der Waals surface area contributed by atoms with Gasteiger partial charge < -0.3 is 19.9 Å². The second-order valence-electron chi connectivity index (χ2n) is 9.77. The van der Waals surface area contributed by atoms with Gasteiger partial charge in [-0.25, -0.2) is 0 Å². The second kappa shape index (κ2) is 10.8. The number of carbonyl (C=O) groups excluding carboxylic acids is 2. The van der Waals surface area contributed by atoms with Gasteiger partial charge in [0.2, 0.25) is 5.91 Å². The van der Waals surface area contributed by atoms with Crippen molar-refractivity contribution >= 4 is 46.9 Å². The maximum Gasteiger partial charge on any atom is 0.257 e. The molecule has 2 amide bonds. The Morgan fingerprint density at radius 1 is 1.11 bits per heavy atom. The van der Waals surface area contributed by atoms with Crippen molar-refractivity contribution in [3.05, 3.63) is 63.5 Å². The summed E-state index contributed by atoms with van der Waals surface area (Å²) in [5.74, 6) is 0.950. The van der Waals surface area contributed by atoms with E-state index >= 15 is 0 Å². The number of hydrogen-bond acceptors (Lipinski definition) is 5. The highest BCUT2D eigenvalue weighted by atomic mass is 35.5. The fraction of sp³-hybridized carbons (Fsp3) is 0.429. The predicted octanol–water partition coefficient (Wildman–Crippen LogP) is 4.75. The molecule has 2 aromatic carbocycles. The summed E-state index contributed by atoms with van der Waals surface area (Å²) in [6.45, 7) is 5.13. The van der Waals surface area contributed by atoms with Crippen molar-refractivity contribution in [2.45, 2.75) is 37.5 Å². The molecule has 1 N–H and O–H groups in total. The Labute approximate surface area is 222 Å². The quantitative estimate of drug-likeness (QED) is 0.584. The predicted molar refractivity (Wildman–Crippen MR) is 147 cm³/mol. The molecule has 1 aliphatic carbocycles. The molecule has 0 radical (unpaired) electrons. The Morgan fingerprint density at radius 2 is 1.86 bits per heavy atom. The lowest BCUT2D eigenvalue weighted by Gasteiger charge is -2.42. The standard InChI is InChI=1S/C28H32ClN3O3S/c1-18-3-7-21(29)17-24(18)31-11-13-32(14-12-31)28(34)20-6-10-25-23(16-20)30-27(33)26(36-25)15-19-4-8-22(35-2)9-5-19/h3-5,7-9,15,17,20,23,25H,6,10-14,16H2,1-2H3,(H,30,33)/b26-15+. The molecule has 3 unspecified atom stereocenters. The topological polar surface area (TPSA) is 61.9 Å². The number of aryl methyl sites for hydroxylation is 1. The molecule has 3 fully saturated rings. The zero-order valence-electron chi connectivity index (χ0n) is 20.7. The van der Waals surface area contributed by atoms with Crippen LogP contribution in [0, 0.1) is 12.8 Å². The lowest BCUT2D eigenvalue weighted by molar-refractivity contribution is -0.137. The van der Waals surface area contributed by atoms with Crippen molar-refractivity contribution in [1.82, 2.24) is 10.2 Å². The van der Waals surface area contributed by atoms with Gasteiger partial charge in [-0.05, 0) is 67.7 Å². The van der Waals surface area contributed by atoms with Crippen LogP contribution in [0.3, 0.4) is 0 Å². The monoisotopic (exact) mass is 525 g/mol. The molecule has 6 nitrogen and oxygen atoms in total. The molecular weight excluding hydrogens is 494 g/mol. The number of methoxy groups -OCH3 is 1. The van der Waals surface area contributed by atoms with Crippen molar-refractivity contribution in [1.29, 1.82) is 0 Å². The minimum absolute atomic E-state index is 0.0290. The minimum atomic E-state index is -0.0457. The van der Waals surface area contributed by atoms with Crippen LogP contribution in [0.5, 0.6) is 5.75 Å². The largest absolute Gasteiger partial charge is 0.497 e. The van der Waals surface area contributed by atoms with E-state index < -0.39 is 0 Å². The van der Waals surface area contributed by atoms with E-state index in [1.165, 1.54) is 5.56 Å². The van der Waals surface area contributed by atoms with E-state index in [0.29, 0.717) is 24.8 Å². The van der Waals surface area contributed by atoms with Crippen LogP contribution in [0.15, 0.2) is 47.4 Å². The minimum Gasteiger partial charge on any atom is -0.497 e. The SMILES string of the molecule is COc1ccc(/C=C2/SC3CCC(C(=O)N4CCN(c5cc(Cl)ccc5C)CC4)CC3NC2=O)cc1. The molecule has 1 saturated carbocycles. The molecule has 2 aliphatic heterocycles. The van der Waals surface area contributed by atoms with Crippen LogP contribution in [0.2, 0.25) is 5.02 Å². The zero-order valence-corrected chi connectivity index (χ0v) is 22.3. The average molecular weight is 526 g/mol. The highest BCUT2D eigenvalue weighted by molar-refractivity contribution is 8.04. The van der Waals surface area contributed by atoms with Gasteiger partial charge in [0.05, 0.1) is 12.0 Å². The van der Waals surface area contributed by atoms with Crippen LogP contribution in [-0.2, 0) is 9.59 Å². The third kappa shape index (κ3) is 5.37. The number of fused-ring (bicyclic) bond motifs is 1. The summed E-state index contributed by atoms with van der Waals surface area (Å²) in [7, 11) is 1.64. The number of nitrogens with one attached hydrogen (secondary N) is 1. The lowest BCUT2D eigenvalue weighted by Crippen LogP contribution is -2.54. The fourth-order valence-corrected chi connectivity index (χ4v) is 6.88. The van der Waals surface area contributed by atoms with E-state index in [9.17, 15) is 9.59 Å². The Balaban J connectivity index is 1.17. The number of nitrogens with zero attached hydrogens (tertiary/aromatic N) is 2. The van der Waals surface area contributed by atoms with Gasteiger partial charge in [0.15, 0.2) is 0 Å². The molecule has 36 heavy (non-hydrogen) atoms. The Bertz CT molecular complexity index is 1160. The van der Waals surface area contributed by atoms with Gasteiger partial charge in [-0.3, -0.25) is 9.59 Å². The first kappa shape index (κ1) is 25.0. The molecule has 3 aliphatic rings. The number of ether oxygens (including phenoxy) is 1. The first-order valence-corrected chi connectivity index (χ1v) is 13.8. The molecule has 3 atom stereocenters. The van der Waals surface area contributed by atoms with E-state index in [0.717, 1.165) is 52.9 Å². The Morgan fingerprint density at radius 3 is 2.58 bits per heavy atom. The van der Waals surface area contributed by atoms with Gasteiger partial charge in [-0.15, -0.1) is 11.8 Å². The van der Waals surface area contributed by atoms with Gasteiger partial charge in [-0.2, -0.15) is 0 Å². The third-order valence-corrected chi connectivity index (χ3v) is 9.13. The summed E-state index contributed by atoms with van der Waals surface area (Å²) in [4.78, 5) is 31.3. The summed E-state index contributed by atoms with van der Waals surface area (Å²) in [5.41, 5.74) is 3.32. The lowest BCUT2D eigenvalue weighted by atomic mass is 9.84. The third-order valence-electron chi connectivity index (χ3n) is 7.47. The normalized spacial score (nSPS) is 25.4. The second-order valence-corrected chi connectivity index (χ2v) is 11.5. The van der Waals surface area contributed by atoms with Crippen molar-refractivity contribution in [2.24, 2.45) is 5.92 Å². The van der Waals surface area contributed by atoms with Crippen LogP contribution in [0.4, 0.5) is 5.69 Å². The van der Waals surface area contributed by atoms with Crippen LogP contribution in [0.25, 0.3) is 6.08 Å². The number of carbonyl (C=O) groups is 2. The van der Waals surface area contributed by atoms with Crippen molar-refractivity contribution in [2.75, 3.05) is 38.2 Å². The summed E-state index contributed by atoms with van der Waals surface area (Å²) >= 11 is 7.87. The molecule has 8 heteroatoms. The summed E-state index contributed by atoms with van der Waals surface area (Å²) in [5, 5.41) is 4.24. The molecule has 0 aromatic heterocycles. The first-order chi connectivity index (χ1) is 17.4. The molecule has 2 saturated heterocycles. The van der Waals surface area contributed by atoms with Gasteiger partial charge in [0.25, 0.3) is 5.91 Å². The number of amides is 2. The smallest absolute Gasteiger partial charge is 0.257 e. The van der Waals surface area contributed by atoms with E-state index in [-0.39, 0.29) is 23.8 Å². The van der Waals surface area contributed by atoms with Crippen LogP contribution >= 0.6 is 23.4 Å². The number of rotatable bonds is 4. The number of halogens is 1. The molecule has 2 aromatic rings. The number of thioether (sulfide) groups is 1. The average Bonchev–Trinajstić information content (AvgIpc) is 2.90. The van der Waals surface area contributed by atoms with Gasteiger partial charge in [-0.1, -0.05) is 29.8 Å².